The fraction of sp³-hybridized carbons (Fsp3) is 0.125. The van der Waals surface area contributed by atoms with Crippen molar-refractivity contribution in [2.24, 2.45) is 0 Å². The van der Waals surface area contributed by atoms with Crippen LogP contribution in [0.2, 0.25) is 0 Å². The first kappa shape index (κ1) is 12.1. The number of rotatable bonds is 0. The van der Waals surface area contributed by atoms with Crippen LogP contribution in [-0.2, 0) is 0 Å². The van der Waals surface area contributed by atoms with Crippen LogP contribution in [0.4, 0.5) is 0 Å². The van der Waals surface area contributed by atoms with E-state index in [9.17, 15) is 0 Å². The van der Waals surface area contributed by atoms with Crippen LogP contribution >= 0.6 is 0 Å². The number of hydrogen-bond donors (Lipinski definition) is 0. The van der Waals surface area contributed by atoms with E-state index in [1.54, 1.807) is 0 Å². The predicted molar refractivity (Wildman–Crippen MR) is 71.9 cm³/mol. The Morgan fingerprint density at radius 1 is 0.812 bits per heavy atom. The lowest BCUT2D eigenvalue weighted by atomic mass is 10.2. The maximum atomic E-state index is 3.05. The second-order valence-electron chi connectivity index (χ2n) is 3.40. The fourth-order valence-electron chi connectivity index (χ4n) is 1.20. The van der Waals surface area contributed by atoms with Gasteiger partial charge in [0.15, 0.2) is 0 Å². The fourth-order valence-corrected chi connectivity index (χ4v) is 1.20. The number of allylic oxidation sites excluding steroid dienone is 12. The van der Waals surface area contributed by atoms with Crippen molar-refractivity contribution < 1.29 is 0 Å². The Hall–Kier alpha value is -2.00. The van der Waals surface area contributed by atoms with E-state index < -0.39 is 0 Å². The zero-order valence-electron chi connectivity index (χ0n) is 9.77. The third-order valence-electron chi connectivity index (χ3n) is 1.98. The second kappa shape index (κ2) is 7.31. The molecule has 0 saturated heterocycles. The molecule has 80 valence electrons. The van der Waals surface area contributed by atoms with Crippen LogP contribution in [0.15, 0.2) is 71.9 Å². The van der Waals surface area contributed by atoms with Gasteiger partial charge in [-0.1, -0.05) is 60.1 Å². The summed E-state index contributed by atoms with van der Waals surface area (Å²) in [6.45, 7) is 3.92. The third kappa shape index (κ3) is 5.02. The normalized spacial score (nSPS) is 15.4. The Morgan fingerprint density at radius 3 is 2.25 bits per heavy atom. The number of hydrogen-bond acceptors (Lipinski definition) is 0. The summed E-state index contributed by atoms with van der Waals surface area (Å²) in [6.07, 6.45) is 20.2. The monoisotopic (exact) mass is 208 g/mol. The molecule has 1 aliphatic rings. The van der Waals surface area contributed by atoms with Crippen LogP contribution < -0.4 is 0 Å². The smallest absolute Gasteiger partial charge is 0.0245 e. The third-order valence-corrected chi connectivity index (χ3v) is 1.98. The van der Waals surface area contributed by atoms with Gasteiger partial charge in [-0.15, -0.1) is 5.92 Å². The van der Waals surface area contributed by atoms with Crippen LogP contribution in [0.3, 0.4) is 0 Å². The molecule has 0 fully saturated rings. The molecular formula is C16H16. The highest BCUT2D eigenvalue weighted by Gasteiger charge is 1.82. The van der Waals surface area contributed by atoms with Crippen molar-refractivity contribution in [3.8, 4) is 11.8 Å². The van der Waals surface area contributed by atoms with Gasteiger partial charge in [0.2, 0.25) is 0 Å². The molecular weight excluding hydrogens is 192 g/mol. The van der Waals surface area contributed by atoms with Crippen LogP contribution in [0.25, 0.3) is 0 Å². The molecule has 0 unspecified atom stereocenters. The van der Waals surface area contributed by atoms with Crippen molar-refractivity contribution in [1.29, 1.82) is 0 Å². The molecule has 0 bridgehead atoms. The van der Waals surface area contributed by atoms with Gasteiger partial charge in [0, 0.05) is 5.57 Å². The van der Waals surface area contributed by atoms with Crippen molar-refractivity contribution in [3.05, 3.63) is 71.9 Å². The van der Waals surface area contributed by atoms with Gasteiger partial charge in [0.25, 0.3) is 0 Å². The summed E-state index contributed by atoms with van der Waals surface area (Å²) >= 11 is 0. The highest BCUT2D eigenvalue weighted by molar-refractivity contribution is 5.42. The molecule has 0 amide bonds. The Morgan fingerprint density at radius 2 is 1.50 bits per heavy atom. The van der Waals surface area contributed by atoms with Gasteiger partial charge in [-0.3, -0.25) is 0 Å². The van der Waals surface area contributed by atoms with Crippen molar-refractivity contribution in [1.82, 2.24) is 0 Å². The molecule has 0 nitrogen and oxygen atoms in total. The highest BCUT2D eigenvalue weighted by Crippen LogP contribution is 2.00. The van der Waals surface area contributed by atoms with Gasteiger partial charge in [-0.05, 0) is 26.0 Å². The Bertz CT molecular complexity index is 452. The first-order valence-corrected chi connectivity index (χ1v) is 5.32. The van der Waals surface area contributed by atoms with E-state index in [0.717, 1.165) is 5.57 Å². The van der Waals surface area contributed by atoms with E-state index in [2.05, 4.69) is 30.9 Å². The maximum absolute atomic E-state index is 3.05. The van der Waals surface area contributed by atoms with E-state index in [-0.39, 0.29) is 0 Å². The zero-order chi connectivity index (χ0) is 11.6. The molecule has 0 aromatic carbocycles. The van der Waals surface area contributed by atoms with Crippen molar-refractivity contribution in [2.75, 3.05) is 0 Å². The molecule has 1 rings (SSSR count). The first-order valence-electron chi connectivity index (χ1n) is 5.32. The average Bonchev–Trinajstić information content (AvgIpc) is 2.26. The van der Waals surface area contributed by atoms with E-state index in [4.69, 9.17) is 0 Å². The summed E-state index contributed by atoms with van der Waals surface area (Å²) in [4.78, 5) is 0. The Balaban J connectivity index is 2.98. The minimum absolute atomic E-state index is 1.01. The lowest BCUT2D eigenvalue weighted by Crippen LogP contribution is -1.71. The van der Waals surface area contributed by atoms with Crippen LogP contribution in [0.1, 0.15) is 13.8 Å². The lowest BCUT2D eigenvalue weighted by Gasteiger charge is -1.89. The average molecular weight is 208 g/mol. The summed E-state index contributed by atoms with van der Waals surface area (Å²) in [5.74, 6) is 5.95. The molecule has 0 aliphatic heterocycles. The summed E-state index contributed by atoms with van der Waals surface area (Å²) in [7, 11) is 0. The van der Waals surface area contributed by atoms with Gasteiger partial charge in [-0.25, -0.2) is 0 Å². The van der Waals surface area contributed by atoms with Crippen LogP contribution in [-0.4, -0.2) is 0 Å². The minimum Gasteiger partial charge on any atom is -0.101 e. The van der Waals surface area contributed by atoms with E-state index in [1.807, 2.05) is 55.5 Å². The molecule has 0 atom stereocenters. The molecule has 0 saturated carbocycles. The minimum atomic E-state index is 1.01. The Labute approximate surface area is 98.1 Å². The molecule has 1 aliphatic carbocycles. The molecule has 0 aromatic rings. The molecule has 0 aromatic heterocycles. The quantitative estimate of drug-likeness (QED) is 0.525. The molecule has 0 N–H and O–H groups in total. The van der Waals surface area contributed by atoms with E-state index in [1.165, 1.54) is 5.57 Å². The second-order valence-corrected chi connectivity index (χ2v) is 3.40. The lowest BCUT2D eigenvalue weighted by molar-refractivity contribution is 1.52. The standard InChI is InChI=1S/C16H16/c1-3-10-16-13-7-5-4-6-11-15(2)12-8-9-14-16/h4-9,11-14H,1-2H3. The molecule has 16 heavy (non-hydrogen) atoms. The van der Waals surface area contributed by atoms with Crippen molar-refractivity contribution in [2.45, 2.75) is 13.8 Å². The molecule has 0 spiro atoms. The van der Waals surface area contributed by atoms with Gasteiger partial charge in [0.1, 0.15) is 0 Å². The van der Waals surface area contributed by atoms with Gasteiger partial charge in [-0.2, -0.15) is 0 Å². The van der Waals surface area contributed by atoms with Crippen LogP contribution in [0.5, 0.6) is 0 Å². The van der Waals surface area contributed by atoms with Crippen molar-refractivity contribution in [3.63, 3.8) is 0 Å². The first-order chi connectivity index (χ1) is 7.83. The summed E-state index contributed by atoms with van der Waals surface area (Å²) in [5.41, 5.74) is 2.24. The summed E-state index contributed by atoms with van der Waals surface area (Å²) in [6, 6.07) is 0. The van der Waals surface area contributed by atoms with Gasteiger partial charge < -0.3 is 0 Å². The van der Waals surface area contributed by atoms with Crippen LogP contribution in [0, 0.1) is 11.8 Å². The highest BCUT2D eigenvalue weighted by atomic mass is 13.9. The maximum Gasteiger partial charge on any atom is 0.0245 e. The molecule has 0 radical (unpaired) electrons. The SMILES string of the molecule is CC#CC1=CC=CC=C(C)C=CC=CC=C1. The largest absolute Gasteiger partial charge is 0.101 e. The van der Waals surface area contributed by atoms with E-state index >= 15 is 0 Å². The van der Waals surface area contributed by atoms with Gasteiger partial charge in [0.05, 0.1) is 0 Å². The summed E-state index contributed by atoms with van der Waals surface area (Å²) in [5, 5.41) is 0. The topological polar surface area (TPSA) is 0 Å². The van der Waals surface area contributed by atoms with E-state index in [0.29, 0.717) is 0 Å². The summed E-state index contributed by atoms with van der Waals surface area (Å²) < 4.78 is 0. The predicted octanol–water partition coefficient (Wildman–Crippen LogP) is 4.12. The van der Waals surface area contributed by atoms with Gasteiger partial charge >= 0.3 is 0 Å². The molecule has 0 heteroatoms. The van der Waals surface area contributed by atoms with Crippen molar-refractivity contribution >= 4 is 0 Å². The molecule has 0 heterocycles. The zero-order valence-corrected chi connectivity index (χ0v) is 9.77. The Kier molecular flexibility index (Phi) is 5.52.